The van der Waals surface area contributed by atoms with Crippen molar-refractivity contribution < 1.29 is 4.57 Å². The molecular weight excluding hydrogens is 135 g/mol. The first-order valence-electron chi connectivity index (χ1n) is 1.21. The van der Waals surface area contributed by atoms with Gasteiger partial charge in [-0.3, -0.25) is 0 Å². The van der Waals surface area contributed by atoms with Gasteiger partial charge in [-0.2, -0.15) is 0 Å². The van der Waals surface area contributed by atoms with Crippen LogP contribution in [0.15, 0.2) is 12.0 Å². The quantitative estimate of drug-likeness (QED) is 0.467. The average molecular weight is 139 g/mol. The van der Waals surface area contributed by atoms with E-state index in [1.165, 1.54) is 5.41 Å². The van der Waals surface area contributed by atoms with Crippen molar-refractivity contribution in [2.75, 3.05) is 0 Å². The monoisotopic (exact) mass is 139 g/mol. The van der Waals surface area contributed by atoms with E-state index < -0.39 is 6.20 Å². The lowest BCUT2D eigenvalue weighted by atomic mass is 11.3. The number of hydrogen-bond donors (Lipinski definition) is 1. The van der Waals surface area contributed by atoms with E-state index in [1.807, 2.05) is 0 Å². The van der Waals surface area contributed by atoms with E-state index in [2.05, 4.69) is 18.8 Å². The van der Waals surface area contributed by atoms with Crippen LogP contribution >= 0.6 is 29.8 Å². The first kappa shape index (κ1) is 6.54. The molecule has 0 rings (SSSR count). The van der Waals surface area contributed by atoms with Crippen molar-refractivity contribution in [1.29, 1.82) is 0 Å². The van der Waals surface area contributed by atoms with Gasteiger partial charge >= 0.3 is 6.20 Å². The minimum atomic E-state index is -1.36. The highest BCUT2D eigenvalue weighted by molar-refractivity contribution is 8.80. The van der Waals surface area contributed by atoms with Crippen molar-refractivity contribution in [2.45, 2.75) is 0 Å². The number of rotatable bonds is 2. The summed E-state index contributed by atoms with van der Waals surface area (Å²) in [5.41, 5.74) is 0. The predicted octanol–water partition coefficient (Wildman–Crippen LogP) is 2.45. The van der Waals surface area contributed by atoms with Crippen LogP contribution in [0, 0.1) is 0 Å². The summed E-state index contributed by atoms with van der Waals surface area (Å²) in [7, 11) is 0. The molecule has 0 N–H and O–H groups in total. The molecule has 1 unspecified atom stereocenters. The maximum absolute atomic E-state index is 9.95. The molecule has 0 spiro atoms. The summed E-state index contributed by atoms with van der Waals surface area (Å²) in [6, 6.07) is 0. The first-order chi connectivity index (χ1) is 2.77. The van der Waals surface area contributed by atoms with Gasteiger partial charge in [0.25, 0.3) is 0 Å². The van der Waals surface area contributed by atoms with Crippen LogP contribution in [0.1, 0.15) is 0 Å². The third kappa shape index (κ3) is 4.54. The van der Waals surface area contributed by atoms with Gasteiger partial charge in [-0.15, -0.1) is 0 Å². The van der Waals surface area contributed by atoms with Crippen LogP contribution in [-0.4, -0.2) is 0 Å². The van der Waals surface area contributed by atoms with Crippen molar-refractivity contribution in [3.05, 3.63) is 12.0 Å². The van der Waals surface area contributed by atoms with Crippen LogP contribution in [-0.2, 0) is 4.57 Å². The lowest BCUT2D eigenvalue weighted by Crippen LogP contribution is -1.23. The summed E-state index contributed by atoms with van der Waals surface area (Å²) in [5.74, 6) is 0. The van der Waals surface area contributed by atoms with Gasteiger partial charge in [0.15, 0.2) is 11.4 Å². The molecule has 0 aliphatic heterocycles. The second kappa shape index (κ2) is 3.72. The fraction of sp³-hybridized carbons (Fsp3) is 0. The highest BCUT2D eigenvalue weighted by Gasteiger charge is 2.03. The molecular formula is C2H4OPS2+. The summed E-state index contributed by atoms with van der Waals surface area (Å²) in [5, 5.41) is 1.51. The van der Waals surface area contributed by atoms with E-state index >= 15 is 0 Å². The van der Waals surface area contributed by atoms with Crippen LogP contribution in [0.25, 0.3) is 0 Å². The van der Waals surface area contributed by atoms with E-state index in [0.717, 1.165) is 11.4 Å². The Kier molecular flexibility index (Phi) is 4.06. The van der Waals surface area contributed by atoms with E-state index in [9.17, 15) is 4.57 Å². The summed E-state index contributed by atoms with van der Waals surface area (Å²) < 4.78 is 9.95. The lowest BCUT2D eigenvalue weighted by molar-refractivity contribution is 0.604. The van der Waals surface area contributed by atoms with Crippen molar-refractivity contribution in [2.24, 2.45) is 0 Å². The van der Waals surface area contributed by atoms with Crippen LogP contribution in [0.2, 0.25) is 0 Å². The molecule has 0 aliphatic carbocycles. The molecule has 0 aromatic rings. The van der Waals surface area contributed by atoms with Crippen molar-refractivity contribution in [1.82, 2.24) is 0 Å². The standard InChI is InChI=1S/C2H3OPS2/c1-2-6-4(3)5/h2H,1H2/p+1. The molecule has 0 saturated heterocycles. The minimum Gasteiger partial charge on any atom is -0.0886 e. The van der Waals surface area contributed by atoms with E-state index in [1.54, 1.807) is 0 Å². The Balaban J connectivity index is 3.05. The zero-order chi connectivity index (χ0) is 4.99. The largest absolute Gasteiger partial charge is 0.485 e. The zero-order valence-corrected chi connectivity index (χ0v) is 5.60. The Hall–Kier alpha value is 0.540. The van der Waals surface area contributed by atoms with Crippen molar-refractivity contribution in [3.63, 3.8) is 0 Å². The predicted molar refractivity (Wildman–Crippen MR) is 34.4 cm³/mol. The van der Waals surface area contributed by atoms with Crippen molar-refractivity contribution >= 4 is 29.8 Å². The SMILES string of the molecule is C=CS[P+](=O)S. The second-order valence-corrected chi connectivity index (χ2v) is 5.06. The third-order valence-electron chi connectivity index (χ3n) is 0.165. The second-order valence-electron chi connectivity index (χ2n) is 0.510. The lowest BCUT2D eigenvalue weighted by Gasteiger charge is -1.55. The summed E-state index contributed by atoms with van der Waals surface area (Å²) >= 11 is 4.70. The molecule has 4 heteroatoms. The highest BCUT2D eigenvalue weighted by Crippen LogP contribution is 2.41. The molecule has 0 aliphatic rings. The van der Waals surface area contributed by atoms with Gasteiger partial charge in [0.05, 0.1) is 0 Å². The minimum absolute atomic E-state index is 1.12. The molecule has 0 bridgehead atoms. The Labute approximate surface area is 46.9 Å². The van der Waals surface area contributed by atoms with Gasteiger partial charge in [-0.25, -0.2) is 0 Å². The molecule has 0 saturated carbocycles. The maximum Gasteiger partial charge on any atom is 0.485 e. The fourth-order valence-electron chi connectivity index (χ4n) is 0.0638. The Morgan fingerprint density at radius 2 is 2.50 bits per heavy atom. The van der Waals surface area contributed by atoms with Crippen LogP contribution in [0.4, 0.5) is 0 Å². The molecule has 0 amide bonds. The maximum atomic E-state index is 9.95. The fourth-order valence-corrected chi connectivity index (χ4v) is 1.17. The van der Waals surface area contributed by atoms with Gasteiger partial charge in [-0.05, 0) is 4.57 Å². The van der Waals surface area contributed by atoms with E-state index in [4.69, 9.17) is 0 Å². The van der Waals surface area contributed by atoms with Crippen LogP contribution < -0.4 is 0 Å². The molecule has 0 aromatic carbocycles. The van der Waals surface area contributed by atoms with E-state index in [0.29, 0.717) is 0 Å². The van der Waals surface area contributed by atoms with Crippen LogP contribution in [0.5, 0.6) is 0 Å². The third-order valence-corrected chi connectivity index (χ3v) is 2.33. The Morgan fingerprint density at radius 1 is 2.00 bits per heavy atom. The van der Waals surface area contributed by atoms with Gasteiger partial charge in [0.2, 0.25) is 0 Å². The van der Waals surface area contributed by atoms with Gasteiger partial charge in [-0.1, -0.05) is 6.58 Å². The average Bonchev–Trinajstić information content (AvgIpc) is 1.35. The van der Waals surface area contributed by atoms with Gasteiger partial charge in [0, 0.05) is 5.41 Å². The van der Waals surface area contributed by atoms with Crippen molar-refractivity contribution in [3.8, 4) is 0 Å². The normalized spacial score (nSPS) is 10.5. The zero-order valence-electron chi connectivity index (χ0n) is 3.00. The van der Waals surface area contributed by atoms with Gasteiger partial charge in [0.1, 0.15) is 12.2 Å². The molecule has 34 valence electrons. The molecule has 1 atom stereocenters. The molecule has 0 radical (unpaired) electrons. The molecule has 0 aromatic heterocycles. The molecule has 6 heavy (non-hydrogen) atoms. The molecule has 0 heterocycles. The molecule has 0 fully saturated rings. The number of hydrogen-bond acceptors (Lipinski definition) is 2. The van der Waals surface area contributed by atoms with Crippen LogP contribution in [0.3, 0.4) is 0 Å². The topological polar surface area (TPSA) is 17.1 Å². The Morgan fingerprint density at radius 3 is 2.50 bits per heavy atom. The van der Waals surface area contributed by atoms with E-state index in [-0.39, 0.29) is 0 Å². The first-order valence-corrected chi connectivity index (χ1v) is 5.11. The molecule has 1 nitrogen and oxygen atoms in total. The smallest absolute Gasteiger partial charge is 0.0886 e. The number of thiol groups is 1. The summed E-state index contributed by atoms with van der Waals surface area (Å²) in [6.07, 6.45) is -1.36. The summed E-state index contributed by atoms with van der Waals surface area (Å²) in [6.45, 7) is 3.33. The highest BCUT2D eigenvalue weighted by atomic mass is 33.1. The Bertz CT molecular complexity index is 71.9. The summed E-state index contributed by atoms with van der Waals surface area (Å²) in [4.78, 5) is 0. The van der Waals surface area contributed by atoms with Gasteiger partial charge < -0.3 is 0 Å².